The van der Waals surface area contributed by atoms with Crippen molar-refractivity contribution >= 4 is 34.7 Å². The summed E-state index contributed by atoms with van der Waals surface area (Å²) in [5, 5.41) is 4.08. The number of hydrogen-bond acceptors (Lipinski definition) is 6. The van der Waals surface area contributed by atoms with Crippen LogP contribution in [0.1, 0.15) is 54.1 Å². The fourth-order valence-electron chi connectivity index (χ4n) is 4.46. The fraction of sp³-hybridized carbons (Fsp3) is 0.172. The number of aryl methyl sites for hydroxylation is 2. The fourth-order valence-corrected chi connectivity index (χ4v) is 4.46. The first-order chi connectivity index (χ1) is 17.3. The van der Waals surface area contributed by atoms with Crippen LogP contribution in [0.4, 0.5) is 0 Å². The van der Waals surface area contributed by atoms with Crippen LogP contribution in [0.25, 0.3) is 0 Å². The summed E-state index contributed by atoms with van der Waals surface area (Å²) in [5.41, 5.74) is 9.09. The second-order valence-corrected chi connectivity index (χ2v) is 9.09. The molecule has 5 rings (SSSR count). The number of carbonyl (C=O) groups excluding carboxylic acids is 4. The number of carbonyl (C=O) groups is 4. The van der Waals surface area contributed by atoms with Crippen LogP contribution in [0.15, 0.2) is 70.8 Å². The largest absolute Gasteiger partial charge is 0.292 e. The maximum atomic E-state index is 12.7. The summed E-state index contributed by atoms with van der Waals surface area (Å²) in [6.07, 6.45) is 0.565. The van der Waals surface area contributed by atoms with Crippen LogP contribution in [0.3, 0.4) is 0 Å². The van der Waals surface area contributed by atoms with E-state index in [2.05, 4.69) is 15.5 Å². The van der Waals surface area contributed by atoms with Gasteiger partial charge in [0.1, 0.15) is 18.0 Å². The van der Waals surface area contributed by atoms with Crippen molar-refractivity contribution in [3.63, 3.8) is 0 Å². The highest BCUT2D eigenvalue weighted by Crippen LogP contribution is 2.23. The molecular weight excluding hydrogens is 454 g/mol. The molecule has 3 aromatic carbocycles. The number of ketones is 3. The van der Waals surface area contributed by atoms with Gasteiger partial charge in [-0.3, -0.25) is 24.2 Å². The SMILES string of the molecule is Cc1ccc2c(c1)C(=NCC(=O)c1ccc(C(=O)N/N=C3/C(=O)Cc4ccc(C)cc43)cc1)C(=O)C2. The van der Waals surface area contributed by atoms with Crippen LogP contribution in [-0.2, 0) is 22.4 Å². The van der Waals surface area contributed by atoms with Crippen LogP contribution < -0.4 is 5.43 Å². The normalized spacial score (nSPS) is 16.4. The van der Waals surface area contributed by atoms with E-state index in [1.807, 2.05) is 50.2 Å². The first-order valence-electron chi connectivity index (χ1n) is 11.6. The predicted octanol–water partition coefficient (Wildman–Crippen LogP) is 3.36. The van der Waals surface area contributed by atoms with Gasteiger partial charge in [0, 0.05) is 35.1 Å². The summed E-state index contributed by atoms with van der Waals surface area (Å²) in [4.78, 5) is 54.2. The van der Waals surface area contributed by atoms with Crippen molar-refractivity contribution in [2.75, 3.05) is 6.54 Å². The summed E-state index contributed by atoms with van der Waals surface area (Å²) in [6.45, 7) is 3.72. The summed E-state index contributed by atoms with van der Waals surface area (Å²) >= 11 is 0. The third kappa shape index (κ3) is 4.43. The molecule has 2 aliphatic rings. The minimum absolute atomic E-state index is 0.0874. The van der Waals surface area contributed by atoms with Gasteiger partial charge < -0.3 is 0 Å². The summed E-state index contributed by atoms with van der Waals surface area (Å²) < 4.78 is 0. The summed E-state index contributed by atoms with van der Waals surface area (Å²) in [6, 6.07) is 17.6. The molecule has 36 heavy (non-hydrogen) atoms. The third-order valence-electron chi connectivity index (χ3n) is 6.39. The Morgan fingerprint density at radius 3 is 1.89 bits per heavy atom. The highest BCUT2D eigenvalue weighted by Gasteiger charge is 2.27. The molecule has 0 aromatic heterocycles. The lowest BCUT2D eigenvalue weighted by Gasteiger charge is -2.04. The van der Waals surface area contributed by atoms with Crippen molar-refractivity contribution in [1.29, 1.82) is 0 Å². The zero-order chi connectivity index (χ0) is 25.4. The average molecular weight is 478 g/mol. The van der Waals surface area contributed by atoms with Crippen LogP contribution in [0.2, 0.25) is 0 Å². The third-order valence-corrected chi connectivity index (χ3v) is 6.39. The van der Waals surface area contributed by atoms with Crippen molar-refractivity contribution in [2.45, 2.75) is 26.7 Å². The Hall–Kier alpha value is -4.52. The van der Waals surface area contributed by atoms with Crippen LogP contribution in [0, 0.1) is 13.8 Å². The molecule has 2 aliphatic carbocycles. The Morgan fingerprint density at radius 2 is 1.28 bits per heavy atom. The molecule has 1 amide bonds. The van der Waals surface area contributed by atoms with E-state index in [-0.39, 0.29) is 36.0 Å². The molecular formula is C29H23N3O4. The van der Waals surface area contributed by atoms with E-state index < -0.39 is 5.91 Å². The highest BCUT2D eigenvalue weighted by atomic mass is 16.2. The quantitative estimate of drug-likeness (QED) is 0.449. The number of amides is 1. The number of nitrogens with zero attached hydrogens (tertiary/aromatic N) is 2. The van der Waals surface area contributed by atoms with E-state index >= 15 is 0 Å². The van der Waals surface area contributed by atoms with Gasteiger partial charge in [0.05, 0.1) is 0 Å². The zero-order valence-electron chi connectivity index (χ0n) is 19.9. The molecule has 0 saturated heterocycles. The Kier molecular flexibility index (Phi) is 5.98. The maximum Gasteiger partial charge on any atom is 0.271 e. The number of fused-ring (bicyclic) bond motifs is 2. The smallest absolute Gasteiger partial charge is 0.271 e. The standard InChI is InChI=1S/C29H23N3O4/c1-16-3-5-20-13-24(33)27(22(20)11-16)30-15-26(35)18-7-9-19(10-8-18)29(36)32-31-28-23-12-17(2)4-6-21(23)14-25(28)34/h3-12H,13-15H2,1-2H3,(H,32,36)/b30-27?,31-28+. The lowest BCUT2D eigenvalue weighted by atomic mass is 10.1. The van der Waals surface area contributed by atoms with Crippen molar-refractivity contribution in [3.8, 4) is 0 Å². The van der Waals surface area contributed by atoms with Crippen LogP contribution in [-0.4, -0.2) is 41.2 Å². The lowest BCUT2D eigenvalue weighted by molar-refractivity contribution is -0.112. The number of rotatable bonds is 5. The molecule has 0 aliphatic heterocycles. The van der Waals surface area contributed by atoms with Crippen LogP contribution in [0.5, 0.6) is 0 Å². The van der Waals surface area contributed by atoms with E-state index in [0.29, 0.717) is 23.3 Å². The van der Waals surface area contributed by atoms with E-state index in [4.69, 9.17) is 0 Å². The Labute approximate surface area is 208 Å². The monoisotopic (exact) mass is 477 g/mol. The van der Waals surface area contributed by atoms with Gasteiger partial charge in [0.2, 0.25) is 0 Å². The van der Waals surface area contributed by atoms with E-state index in [1.165, 1.54) is 12.1 Å². The van der Waals surface area contributed by atoms with Gasteiger partial charge >= 0.3 is 0 Å². The number of aliphatic imine (C=N–C) groups is 1. The minimum atomic E-state index is -0.487. The second kappa shape index (κ2) is 9.26. The molecule has 178 valence electrons. The van der Waals surface area contributed by atoms with Gasteiger partial charge in [0.15, 0.2) is 17.3 Å². The molecule has 0 unspecified atom stereocenters. The minimum Gasteiger partial charge on any atom is -0.292 e. The van der Waals surface area contributed by atoms with Gasteiger partial charge in [-0.2, -0.15) is 5.10 Å². The molecule has 1 N–H and O–H groups in total. The van der Waals surface area contributed by atoms with Gasteiger partial charge in [-0.1, -0.05) is 47.5 Å². The molecule has 0 spiro atoms. The topological polar surface area (TPSA) is 105 Å². The molecule has 0 atom stereocenters. The summed E-state index contributed by atoms with van der Waals surface area (Å²) in [7, 11) is 0. The number of Topliss-reactive ketones (excluding diaryl/α,β-unsaturated/α-hetero) is 3. The predicted molar refractivity (Wildman–Crippen MR) is 136 cm³/mol. The van der Waals surface area contributed by atoms with E-state index in [9.17, 15) is 19.2 Å². The summed E-state index contributed by atoms with van der Waals surface area (Å²) in [5.74, 6) is -0.973. The number of hydrogen-bond donors (Lipinski definition) is 1. The van der Waals surface area contributed by atoms with Crippen molar-refractivity contribution in [1.82, 2.24) is 5.43 Å². The first-order valence-corrected chi connectivity index (χ1v) is 11.6. The number of benzene rings is 3. The molecule has 7 nitrogen and oxygen atoms in total. The molecule has 0 bridgehead atoms. The highest BCUT2D eigenvalue weighted by molar-refractivity contribution is 6.50. The zero-order valence-corrected chi connectivity index (χ0v) is 19.9. The average Bonchev–Trinajstić information content (AvgIpc) is 3.35. The Bertz CT molecular complexity index is 1400. The Morgan fingerprint density at radius 1 is 0.750 bits per heavy atom. The number of hydrazone groups is 1. The molecule has 7 heteroatoms. The van der Waals surface area contributed by atoms with Gasteiger partial charge in [-0.15, -0.1) is 0 Å². The van der Waals surface area contributed by atoms with Gasteiger partial charge in [-0.25, -0.2) is 5.43 Å². The molecule has 3 aromatic rings. The molecule has 0 radical (unpaired) electrons. The van der Waals surface area contributed by atoms with Crippen molar-refractivity contribution in [3.05, 3.63) is 105 Å². The van der Waals surface area contributed by atoms with Crippen LogP contribution >= 0.6 is 0 Å². The molecule has 0 heterocycles. The van der Waals surface area contributed by atoms with Gasteiger partial charge in [-0.05, 0) is 49.2 Å². The van der Waals surface area contributed by atoms with Crippen molar-refractivity contribution < 1.29 is 19.2 Å². The Balaban J connectivity index is 1.26. The van der Waals surface area contributed by atoms with Gasteiger partial charge in [0.25, 0.3) is 5.91 Å². The van der Waals surface area contributed by atoms with E-state index in [0.717, 1.165) is 33.4 Å². The van der Waals surface area contributed by atoms with Crippen molar-refractivity contribution in [2.24, 2.45) is 10.1 Å². The second-order valence-electron chi connectivity index (χ2n) is 9.09. The number of nitrogens with one attached hydrogen (secondary N) is 1. The van der Waals surface area contributed by atoms with E-state index in [1.54, 1.807) is 12.1 Å². The lowest BCUT2D eigenvalue weighted by Crippen LogP contribution is -2.22. The molecule has 0 fully saturated rings. The first kappa shape index (κ1) is 23.2. The maximum absolute atomic E-state index is 12.7. The molecule has 0 saturated carbocycles.